The molecular formula is C6H15NO. The van der Waals surface area contributed by atoms with Gasteiger partial charge in [0.1, 0.15) is 0 Å². The number of rotatable bonds is 4. The monoisotopic (exact) mass is 117 g/mol. The fourth-order valence-electron chi connectivity index (χ4n) is 0.378. The molecule has 0 spiro atoms. The van der Waals surface area contributed by atoms with Crippen molar-refractivity contribution >= 4 is 0 Å². The molecule has 0 aliphatic rings. The van der Waals surface area contributed by atoms with Gasteiger partial charge in [-0.2, -0.15) is 0 Å². The van der Waals surface area contributed by atoms with Crippen LogP contribution >= 0.6 is 0 Å². The molecule has 0 aliphatic carbocycles. The van der Waals surface area contributed by atoms with Crippen molar-refractivity contribution in [3.05, 3.63) is 0 Å². The minimum Gasteiger partial charge on any atom is -0.380 e. The fourth-order valence-corrected chi connectivity index (χ4v) is 0.378. The summed E-state index contributed by atoms with van der Waals surface area (Å²) in [5.41, 5.74) is 0. The van der Waals surface area contributed by atoms with E-state index in [4.69, 9.17) is 4.74 Å². The van der Waals surface area contributed by atoms with Crippen LogP contribution in [0.5, 0.6) is 0 Å². The Morgan fingerprint density at radius 2 is 2.25 bits per heavy atom. The van der Waals surface area contributed by atoms with Crippen LogP contribution in [0.15, 0.2) is 0 Å². The molecule has 0 aromatic rings. The van der Waals surface area contributed by atoms with E-state index in [1.807, 2.05) is 14.0 Å². The van der Waals surface area contributed by atoms with Crippen molar-refractivity contribution < 1.29 is 4.74 Å². The van der Waals surface area contributed by atoms with Crippen molar-refractivity contribution in [2.75, 3.05) is 20.3 Å². The van der Waals surface area contributed by atoms with E-state index in [1.165, 1.54) is 0 Å². The maximum Gasteiger partial charge on any atom is 0.0616 e. The van der Waals surface area contributed by atoms with Crippen molar-refractivity contribution in [1.82, 2.24) is 5.32 Å². The fraction of sp³-hybridized carbons (Fsp3) is 1.00. The first-order valence-electron chi connectivity index (χ1n) is 3.06. The Labute approximate surface area is 51.2 Å². The summed E-state index contributed by atoms with van der Waals surface area (Å²) in [7, 11) is 1.93. The maximum absolute atomic E-state index is 5.12. The minimum absolute atomic E-state index is 0.481. The van der Waals surface area contributed by atoms with E-state index >= 15 is 0 Å². The number of nitrogens with one attached hydrogen (secondary N) is 1. The van der Waals surface area contributed by atoms with Crippen LogP contribution in [0.1, 0.15) is 13.8 Å². The first-order chi connectivity index (χ1) is 3.81. The summed E-state index contributed by atoms with van der Waals surface area (Å²) in [6.07, 6.45) is 0. The van der Waals surface area contributed by atoms with Crippen molar-refractivity contribution in [1.29, 1.82) is 0 Å². The van der Waals surface area contributed by atoms with Crippen LogP contribution in [0.4, 0.5) is 0 Å². The molecule has 0 bridgehead atoms. The number of hydrogen-bond acceptors (Lipinski definition) is 2. The molecule has 1 atom stereocenters. The maximum atomic E-state index is 5.12. The predicted octanol–water partition coefficient (Wildman–Crippen LogP) is 0.631. The van der Waals surface area contributed by atoms with Crippen molar-refractivity contribution in [3.63, 3.8) is 0 Å². The second-order valence-electron chi connectivity index (χ2n) is 1.85. The van der Waals surface area contributed by atoms with Crippen molar-refractivity contribution in [2.45, 2.75) is 19.9 Å². The smallest absolute Gasteiger partial charge is 0.0616 e. The summed E-state index contributed by atoms with van der Waals surface area (Å²) in [4.78, 5) is 0. The van der Waals surface area contributed by atoms with E-state index in [0.717, 1.165) is 13.2 Å². The molecule has 0 heterocycles. The lowest BCUT2D eigenvalue weighted by Crippen LogP contribution is -2.26. The zero-order valence-corrected chi connectivity index (χ0v) is 5.90. The lowest BCUT2D eigenvalue weighted by molar-refractivity contribution is 0.129. The van der Waals surface area contributed by atoms with Crippen LogP contribution in [0, 0.1) is 0 Å². The average Bonchev–Trinajstić information content (AvgIpc) is 1.83. The molecule has 50 valence electrons. The van der Waals surface area contributed by atoms with Gasteiger partial charge in [-0.05, 0) is 20.9 Å². The van der Waals surface area contributed by atoms with E-state index in [-0.39, 0.29) is 0 Å². The predicted molar refractivity (Wildman–Crippen MR) is 35.0 cm³/mol. The van der Waals surface area contributed by atoms with Gasteiger partial charge in [0, 0.05) is 12.6 Å². The Kier molecular flexibility index (Phi) is 5.01. The van der Waals surface area contributed by atoms with Gasteiger partial charge in [-0.1, -0.05) is 0 Å². The van der Waals surface area contributed by atoms with Crippen LogP contribution in [0.2, 0.25) is 0 Å². The highest BCUT2D eigenvalue weighted by atomic mass is 16.5. The molecule has 0 rings (SSSR count). The number of ether oxygens (including phenoxy) is 1. The van der Waals surface area contributed by atoms with E-state index < -0.39 is 0 Å². The summed E-state index contributed by atoms with van der Waals surface area (Å²) in [6.45, 7) is 5.72. The summed E-state index contributed by atoms with van der Waals surface area (Å²) in [6, 6.07) is 0.481. The van der Waals surface area contributed by atoms with Gasteiger partial charge in [0.2, 0.25) is 0 Å². The molecule has 0 aromatic heterocycles. The topological polar surface area (TPSA) is 21.3 Å². The standard InChI is InChI=1S/C6H15NO/c1-4-8-5-6(2)7-3/h6-7H,4-5H2,1-3H3. The quantitative estimate of drug-likeness (QED) is 0.583. The van der Waals surface area contributed by atoms with Crippen LogP contribution in [0.3, 0.4) is 0 Å². The third kappa shape index (κ3) is 4.09. The largest absolute Gasteiger partial charge is 0.380 e. The van der Waals surface area contributed by atoms with Gasteiger partial charge in [0.05, 0.1) is 6.61 Å². The van der Waals surface area contributed by atoms with Gasteiger partial charge in [-0.15, -0.1) is 0 Å². The highest BCUT2D eigenvalue weighted by Crippen LogP contribution is 1.80. The van der Waals surface area contributed by atoms with Crippen LogP contribution < -0.4 is 5.32 Å². The molecule has 2 heteroatoms. The molecule has 1 N–H and O–H groups in total. The van der Waals surface area contributed by atoms with Gasteiger partial charge in [0.15, 0.2) is 0 Å². The average molecular weight is 117 g/mol. The van der Waals surface area contributed by atoms with Gasteiger partial charge >= 0.3 is 0 Å². The Morgan fingerprint density at radius 1 is 1.62 bits per heavy atom. The summed E-state index contributed by atoms with van der Waals surface area (Å²) >= 11 is 0. The summed E-state index contributed by atoms with van der Waals surface area (Å²) in [5.74, 6) is 0. The van der Waals surface area contributed by atoms with Gasteiger partial charge in [-0.3, -0.25) is 0 Å². The first kappa shape index (κ1) is 7.92. The van der Waals surface area contributed by atoms with E-state index in [1.54, 1.807) is 0 Å². The molecule has 8 heavy (non-hydrogen) atoms. The summed E-state index contributed by atoms with van der Waals surface area (Å²) < 4.78 is 5.12. The lowest BCUT2D eigenvalue weighted by Gasteiger charge is -2.07. The molecule has 0 saturated heterocycles. The zero-order chi connectivity index (χ0) is 6.41. The Balaban J connectivity index is 2.86. The molecule has 0 amide bonds. The van der Waals surface area contributed by atoms with E-state index in [0.29, 0.717) is 6.04 Å². The highest BCUT2D eigenvalue weighted by molar-refractivity contribution is 4.52. The Morgan fingerprint density at radius 3 is 2.62 bits per heavy atom. The van der Waals surface area contributed by atoms with Crippen molar-refractivity contribution in [3.8, 4) is 0 Å². The Bertz CT molecular complexity index is 47.8. The van der Waals surface area contributed by atoms with Crippen LogP contribution in [-0.2, 0) is 4.74 Å². The zero-order valence-electron chi connectivity index (χ0n) is 5.90. The molecular weight excluding hydrogens is 102 g/mol. The summed E-state index contributed by atoms with van der Waals surface area (Å²) in [5, 5.41) is 3.07. The molecule has 0 aliphatic heterocycles. The molecule has 0 fully saturated rings. The van der Waals surface area contributed by atoms with Crippen LogP contribution in [-0.4, -0.2) is 26.3 Å². The molecule has 0 saturated carbocycles. The number of likely N-dealkylation sites (N-methyl/N-ethyl adjacent to an activating group) is 1. The van der Waals surface area contributed by atoms with E-state index in [2.05, 4.69) is 12.2 Å². The van der Waals surface area contributed by atoms with Crippen LogP contribution in [0.25, 0.3) is 0 Å². The SMILES string of the molecule is CCOCC(C)NC. The first-order valence-corrected chi connectivity index (χ1v) is 3.06. The van der Waals surface area contributed by atoms with Gasteiger partial charge in [0.25, 0.3) is 0 Å². The lowest BCUT2D eigenvalue weighted by atomic mass is 10.4. The highest BCUT2D eigenvalue weighted by Gasteiger charge is 1.93. The van der Waals surface area contributed by atoms with Gasteiger partial charge < -0.3 is 10.1 Å². The third-order valence-corrected chi connectivity index (χ3v) is 1.06. The van der Waals surface area contributed by atoms with E-state index in [9.17, 15) is 0 Å². The number of hydrogen-bond donors (Lipinski definition) is 1. The molecule has 2 nitrogen and oxygen atoms in total. The second-order valence-corrected chi connectivity index (χ2v) is 1.85. The molecule has 0 radical (unpaired) electrons. The van der Waals surface area contributed by atoms with Gasteiger partial charge in [-0.25, -0.2) is 0 Å². The normalized spacial score (nSPS) is 13.9. The second kappa shape index (κ2) is 5.06. The molecule has 1 unspecified atom stereocenters. The third-order valence-electron chi connectivity index (χ3n) is 1.06. The van der Waals surface area contributed by atoms with Crippen molar-refractivity contribution in [2.24, 2.45) is 0 Å². The molecule has 0 aromatic carbocycles. The Hall–Kier alpha value is -0.0800. The minimum atomic E-state index is 0.481.